The Labute approximate surface area is 192 Å². The lowest BCUT2D eigenvalue weighted by Crippen LogP contribution is -2.46. The number of anilines is 2. The molecular formula is C24H28N4O5. The number of rotatable bonds is 7. The van der Waals surface area contributed by atoms with Gasteiger partial charge in [0.1, 0.15) is 5.82 Å². The van der Waals surface area contributed by atoms with Gasteiger partial charge in [0.05, 0.1) is 32.4 Å². The van der Waals surface area contributed by atoms with Gasteiger partial charge in [-0.2, -0.15) is 0 Å². The number of aromatic nitrogens is 1. The second-order valence-corrected chi connectivity index (χ2v) is 7.87. The average Bonchev–Trinajstić information content (AvgIpc) is 2.83. The van der Waals surface area contributed by atoms with E-state index in [1.54, 1.807) is 45.6 Å². The number of piperazine rings is 1. The fraction of sp³-hybridized carbons (Fsp3) is 0.333. The first kappa shape index (κ1) is 22.5. The molecule has 3 N–H and O–H groups in total. The molecule has 1 aliphatic heterocycles. The van der Waals surface area contributed by atoms with Crippen LogP contribution in [-0.4, -0.2) is 68.5 Å². The Hall–Kier alpha value is -3.72. The Morgan fingerprint density at radius 1 is 1.00 bits per heavy atom. The largest absolute Gasteiger partial charge is 0.493 e. The van der Waals surface area contributed by atoms with Crippen LogP contribution in [0.5, 0.6) is 17.2 Å². The zero-order valence-electron chi connectivity index (χ0n) is 19.0. The van der Waals surface area contributed by atoms with Crippen molar-refractivity contribution in [2.75, 3.05) is 58.1 Å². The first-order chi connectivity index (χ1) is 15.9. The number of benzene rings is 2. The third-order valence-electron chi connectivity index (χ3n) is 5.93. The predicted octanol–water partition coefficient (Wildman–Crippen LogP) is 2.86. The molecule has 0 bridgehead atoms. The van der Waals surface area contributed by atoms with E-state index in [0.717, 1.165) is 31.7 Å². The normalized spacial score (nSPS) is 14.3. The summed E-state index contributed by atoms with van der Waals surface area (Å²) in [4.78, 5) is 21.0. The molecule has 4 rings (SSSR count). The lowest BCUT2D eigenvalue weighted by atomic mass is 10.1. The minimum absolute atomic E-state index is 0.208. The summed E-state index contributed by atoms with van der Waals surface area (Å²) in [5, 5.41) is 10.3. The fourth-order valence-corrected chi connectivity index (χ4v) is 4.23. The van der Waals surface area contributed by atoms with E-state index in [-0.39, 0.29) is 5.56 Å². The molecule has 0 amide bonds. The van der Waals surface area contributed by atoms with Gasteiger partial charge in [-0.1, -0.05) is 6.07 Å². The molecule has 2 aromatic carbocycles. The number of hydrogen-bond acceptors (Lipinski definition) is 8. The van der Waals surface area contributed by atoms with Crippen LogP contribution in [0.25, 0.3) is 10.9 Å². The quantitative estimate of drug-likeness (QED) is 0.523. The van der Waals surface area contributed by atoms with Crippen LogP contribution in [0.4, 0.5) is 11.5 Å². The molecule has 0 atom stereocenters. The lowest BCUT2D eigenvalue weighted by molar-refractivity contribution is 0.0699. The Morgan fingerprint density at radius 2 is 1.73 bits per heavy atom. The third kappa shape index (κ3) is 4.45. The van der Waals surface area contributed by atoms with Crippen molar-refractivity contribution in [1.82, 2.24) is 9.88 Å². The second kappa shape index (κ2) is 9.41. The molecule has 0 radical (unpaired) electrons. The number of hydrogen-bond donors (Lipinski definition) is 2. The van der Waals surface area contributed by atoms with E-state index in [4.69, 9.17) is 24.9 Å². The minimum atomic E-state index is -0.992. The Bertz CT molecular complexity index is 1180. The van der Waals surface area contributed by atoms with Crippen LogP contribution in [0.15, 0.2) is 36.4 Å². The maximum absolute atomic E-state index is 11.8. The molecule has 1 saturated heterocycles. The van der Waals surface area contributed by atoms with Gasteiger partial charge in [-0.3, -0.25) is 4.90 Å². The zero-order valence-corrected chi connectivity index (χ0v) is 19.0. The molecule has 0 saturated carbocycles. The van der Waals surface area contributed by atoms with Crippen molar-refractivity contribution in [3.63, 3.8) is 0 Å². The fourth-order valence-electron chi connectivity index (χ4n) is 4.23. The molecule has 1 aliphatic rings. The number of carbonyl (C=O) groups is 1. The van der Waals surface area contributed by atoms with E-state index < -0.39 is 5.97 Å². The highest BCUT2D eigenvalue weighted by Gasteiger charge is 2.23. The number of carboxylic acids is 1. The molecule has 3 aromatic rings. The molecule has 1 aromatic heterocycles. The summed E-state index contributed by atoms with van der Waals surface area (Å²) in [6.07, 6.45) is 0. The van der Waals surface area contributed by atoms with E-state index in [1.165, 1.54) is 0 Å². The van der Waals surface area contributed by atoms with Crippen LogP contribution in [0.2, 0.25) is 0 Å². The smallest absolute Gasteiger partial charge is 0.336 e. The molecule has 9 heteroatoms. The summed E-state index contributed by atoms with van der Waals surface area (Å²) in [5.74, 6) is 1.54. The van der Waals surface area contributed by atoms with Gasteiger partial charge >= 0.3 is 5.97 Å². The maximum Gasteiger partial charge on any atom is 0.336 e. The summed E-state index contributed by atoms with van der Waals surface area (Å²) in [7, 11) is 4.82. The molecule has 2 heterocycles. The van der Waals surface area contributed by atoms with Crippen molar-refractivity contribution in [3.8, 4) is 17.2 Å². The number of ether oxygens (including phenoxy) is 3. The van der Waals surface area contributed by atoms with Crippen molar-refractivity contribution in [2.24, 2.45) is 0 Å². The van der Waals surface area contributed by atoms with E-state index in [2.05, 4.69) is 9.80 Å². The summed E-state index contributed by atoms with van der Waals surface area (Å²) >= 11 is 0. The SMILES string of the molecule is COc1ccc(CN2CCN(c3cc(C(=O)O)c4cc(N)ccc4n3)CC2)c(OC)c1OC. The summed E-state index contributed by atoms with van der Waals surface area (Å²) in [6, 6.07) is 10.7. The van der Waals surface area contributed by atoms with Gasteiger partial charge in [0, 0.05) is 49.4 Å². The van der Waals surface area contributed by atoms with Crippen LogP contribution in [0, 0.1) is 0 Å². The maximum atomic E-state index is 11.8. The Morgan fingerprint density at radius 3 is 2.36 bits per heavy atom. The topological polar surface area (TPSA) is 110 Å². The molecule has 9 nitrogen and oxygen atoms in total. The summed E-state index contributed by atoms with van der Waals surface area (Å²) in [5.41, 5.74) is 8.20. The molecule has 33 heavy (non-hydrogen) atoms. The average molecular weight is 453 g/mol. The van der Waals surface area contributed by atoms with Crippen molar-refractivity contribution >= 4 is 28.4 Å². The number of nitrogens with two attached hydrogens (primary N) is 1. The van der Waals surface area contributed by atoms with Crippen LogP contribution >= 0.6 is 0 Å². The van der Waals surface area contributed by atoms with Gasteiger partial charge in [0.25, 0.3) is 0 Å². The number of carboxylic acid groups (broad SMARTS) is 1. The van der Waals surface area contributed by atoms with Crippen LogP contribution < -0.4 is 24.8 Å². The zero-order chi connectivity index (χ0) is 23.5. The van der Waals surface area contributed by atoms with Crippen molar-refractivity contribution < 1.29 is 24.1 Å². The molecule has 174 valence electrons. The first-order valence-corrected chi connectivity index (χ1v) is 10.6. The first-order valence-electron chi connectivity index (χ1n) is 10.6. The van der Waals surface area contributed by atoms with Crippen LogP contribution in [0.1, 0.15) is 15.9 Å². The van der Waals surface area contributed by atoms with E-state index in [9.17, 15) is 9.90 Å². The van der Waals surface area contributed by atoms with Crippen molar-refractivity contribution in [2.45, 2.75) is 6.54 Å². The van der Waals surface area contributed by atoms with E-state index >= 15 is 0 Å². The second-order valence-electron chi connectivity index (χ2n) is 7.87. The number of fused-ring (bicyclic) bond motifs is 1. The molecular weight excluding hydrogens is 424 g/mol. The minimum Gasteiger partial charge on any atom is -0.493 e. The van der Waals surface area contributed by atoms with Gasteiger partial charge < -0.3 is 30.0 Å². The van der Waals surface area contributed by atoms with Gasteiger partial charge in [-0.05, 0) is 30.3 Å². The van der Waals surface area contributed by atoms with Crippen molar-refractivity contribution in [3.05, 3.63) is 47.5 Å². The highest BCUT2D eigenvalue weighted by atomic mass is 16.5. The highest BCUT2D eigenvalue weighted by Crippen LogP contribution is 2.40. The Kier molecular flexibility index (Phi) is 6.41. The van der Waals surface area contributed by atoms with Crippen LogP contribution in [-0.2, 0) is 6.54 Å². The molecule has 1 fully saturated rings. The standard InChI is InChI=1S/C24H28N4O5/c1-31-20-7-4-15(22(32-2)23(20)33-3)14-27-8-10-28(11-9-27)21-13-18(24(29)30)17-12-16(25)5-6-19(17)26-21/h4-7,12-13H,8-11,14,25H2,1-3H3,(H,29,30). The van der Waals surface area contributed by atoms with Gasteiger partial charge in [-0.15, -0.1) is 0 Å². The number of nitrogens with zero attached hydrogens (tertiary/aromatic N) is 3. The van der Waals surface area contributed by atoms with E-state index in [1.807, 2.05) is 12.1 Å². The molecule has 0 spiro atoms. The number of methoxy groups -OCH3 is 3. The number of nitrogen functional groups attached to an aromatic ring is 1. The van der Waals surface area contributed by atoms with E-state index in [0.29, 0.717) is 46.2 Å². The van der Waals surface area contributed by atoms with Crippen LogP contribution in [0.3, 0.4) is 0 Å². The predicted molar refractivity (Wildman–Crippen MR) is 127 cm³/mol. The monoisotopic (exact) mass is 452 g/mol. The lowest BCUT2D eigenvalue weighted by Gasteiger charge is -2.36. The molecule has 0 aliphatic carbocycles. The third-order valence-corrected chi connectivity index (χ3v) is 5.93. The number of pyridine rings is 1. The van der Waals surface area contributed by atoms with Gasteiger partial charge in [-0.25, -0.2) is 9.78 Å². The Balaban J connectivity index is 1.51. The number of aromatic carboxylic acids is 1. The van der Waals surface area contributed by atoms with Gasteiger partial charge in [0.15, 0.2) is 11.5 Å². The van der Waals surface area contributed by atoms with Gasteiger partial charge in [0.2, 0.25) is 5.75 Å². The molecule has 0 unspecified atom stereocenters. The highest BCUT2D eigenvalue weighted by molar-refractivity contribution is 6.04. The van der Waals surface area contributed by atoms with Crippen molar-refractivity contribution in [1.29, 1.82) is 0 Å². The summed E-state index contributed by atoms with van der Waals surface area (Å²) in [6.45, 7) is 3.73. The summed E-state index contributed by atoms with van der Waals surface area (Å²) < 4.78 is 16.5.